The van der Waals surface area contributed by atoms with Crippen LogP contribution in [0.4, 0.5) is 14.9 Å². The van der Waals surface area contributed by atoms with Gasteiger partial charge in [0.1, 0.15) is 5.82 Å². The van der Waals surface area contributed by atoms with Crippen molar-refractivity contribution in [1.29, 1.82) is 5.26 Å². The Hall–Kier alpha value is -3.59. The van der Waals surface area contributed by atoms with Crippen molar-refractivity contribution in [2.24, 2.45) is 0 Å². The van der Waals surface area contributed by atoms with Gasteiger partial charge in [0.2, 0.25) is 0 Å². The number of rotatable bonds is 9. The zero-order chi connectivity index (χ0) is 22.1. The highest BCUT2D eigenvalue weighted by Crippen LogP contribution is 2.15. The predicted octanol–water partition coefficient (Wildman–Crippen LogP) is 5.77. The molecule has 0 bridgehead atoms. The number of amides is 2. The van der Waals surface area contributed by atoms with Gasteiger partial charge in [-0.2, -0.15) is 5.26 Å². The molecule has 3 rings (SSSR count). The lowest BCUT2D eigenvalue weighted by molar-refractivity contribution is 0.206. The second kappa shape index (κ2) is 11.0. The Balaban J connectivity index is 1.74. The predicted molar refractivity (Wildman–Crippen MR) is 120 cm³/mol. The lowest BCUT2D eigenvalue weighted by atomic mass is 10.2. The van der Waals surface area contributed by atoms with Gasteiger partial charge in [-0.25, -0.2) is 9.18 Å². The van der Waals surface area contributed by atoms with Crippen LogP contribution in [0.1, 0.15) is 43.0 Å². The minimum Gasteiger partial charge on any atom is -0.345 e. The molecule has 0 fully saturated rings. The van der Waals surface area contributed by atoms with E-state index in [-0.39, 0.29) is 11.8 Å². The molecular weight excluding hydrogens is 391 g/mol. The number of hydrogen-bond donors (Lipinski definition) is 1. The van der Waals surface area contributed by atoms with Gasteiger partial charge in [0, 0.05) is 30.7 Å². The van der Waals surface area contributed by atoms with Gasteiger partial charge in [-0.15, -0.1) is 0 Å². The molecule has 0 aliphatic heterocycles. The van der Waals surface area contributed by atoms with E-state index in [4.69, 9.17) is 5.26 Å². The molecular formula is C25H27FN4O. The van der Waals surface area contributed by atoms with E-state index >= 15 is 0 Å². The summed E-state index contributed by atoms with van der Waals surface area (Å²) in [5, 5.41) is 12.0. The van der Waals surface area contributed by atoms with Gasteiger partial charge in [-0.05, 0) is 54.4 Å². The van der Waals surface area contributed by atoms with E-state index < -0.39 is 0 Å². The Morgan fingerprint density at radius 3 is 2.74 bits per heavy atom. The van der Waals surface area contributed by atoms with Gasteiger partial charge in [0.25, 0.3) is 0 Å². The molecule has 0 aliphatic rings. The summed E-state index contributed by atoms with van der Waals surface area (Å²) < 4.78 is 15.6. The summed E-state index contributed by atoms with van der Waals surface area (Å²) in [4.78, 5) is 14.8. The van der Waals surface area contributed by atoms with Gasteiger partial charge in [0.05, 0.1) is 18.2 Å². The standard InChI is InChI=1S/C25H27FN4O/c1-2-3-4-13-30(25(31)28-23-11-6-8-20(16-23)17-27)19-24-12-7-14-29(24)18-21-9-5-10-22(26)15-21/h5-12,14-16H,2-4,13,18-19H2,1H3,(H,28,31). The molecule has 3 aromatic rings. The molecule has 160 valence electrons. The molecule has 2 aromatic carbocycles. The number of nitriles is 1. The Bertz CT molecular complexity index is 1050. The van der Waals surface area contributed by atoms with Crippen LogP contribution >= 0.6 is 0 Å². The van der Waals surface area contributed by atoms with Gasteiger partial charge < -0.3 is 14.8 Å². The molecule has 0 unspecified atom stereocenters. The average molecular weight is 419 g/mol. The second-order valence-electron chi connectivity index (χ2n) is 7.51. The monoisotopic (exact) mass is 418 g/mol. The molecule has 0 aliphatic carbocycles. The first kappa shape index (κ1) is 22.1. The van der Waals surface area contributed by atoms with Crippen LogP contribution in [0.15, 0.2) is 66.9 Å². The van der Waals surface area contributed by atoms with Crippen LogP contribution < -0.4 is 5.32 Å². The largest absolute Gasteiger partial charge is 0.345 e. The molecule has 31 heavy (non-hydrogen) atoms. The molecule has 0 atom stereocenters. The summed E-state index contributed by atoms with van der Waals surface area (Å²) in [6, 6.07) is 19.2. The van der Waals surface area contributed by atoms with E-state index in [0.29, 0.717) is 30.9 Å². The number of carbonyl (C=O) groups is 1. The number of aromatic nitrogens is 1. The summed E-state index contributed by atoms with van der Waals surface area (Å²) in [6.45, 7) is 3.73. The maximum atomic E-state index is 13.6. The van der Waals surface area contributed by atoms with E-state index in [9.17, 15) is 9.18 Å². The zero-order valence-corrected chi connectivity index (χ0v) is 17.7. The van der Waals surface area contributed by atoms with Crippen molar-refractivity contribution in [3.8, 4) is 6.07 Å². The third kappa shape index (κ3) is 6.45. The minimum atomic E-state index is -0.258. The van der Waals surface area contributed by atoms with Crippen LogP contribution in [0.5, 0.6) is 0 Å². The fourth-order valence-electron chi connectivity index (χ4n) is 3.45. The Kier molecular flexibility index (Phi) is 7.83. The first-order chi connectivity index (χ1) is 15.1. The van der Waals surface area contributed by atoms with Gasteiger partial charge in [-0.3, -0.25) is 0 Å². The number of anilines is 1. The molecule has 0 saturated heterocycles. The highest BCUT2D eigenvalue weighted by atomic mass is 19.1. The van der Waals surface area contributed by atoms with Gasteiger partial charge in [0.15, 0.2) is 0 Å². The molecule has 2 amide bonds. The van der Waals surface area contributed by atoms with E-state index in [1.54, 1.807) is 35.2 Å². The molecule has 0 radical (unpaired) electrons. The Morgan fingerprint density at radius 2 is 1.97 bits per heavy atom. The molecule has 5 nitrogen and oxygen atoms in total. The molecule has 0 spiro atoms. The van der Waals surface area contributed by atoms with Crippen molar-refractivity contribution in [2.45, 2.75) is 39.3 Å². The third-order valence-electron chi connectivity index (χ3n) is 5.08. The van der Waals surface area contributed by atoms with Crippen LogP contribution in [0.3, 0.4) is 0 Å². The summed E-state index contributed by atoms with van der Waals surface area (Å²) >= 11 is 0. The normalized spacial score (nSPS) is 10.5. The highest BCUT2D eigenvalue weighted by Gasteiger charge is 2.16. The number of nitrogens with one attached hydrogen (secondary N) is 1. The van der Waals surface area contributed by atoms with Crippen molar-refractivity contribution in [3.05, 3.63) is 89.5 Å². The fourth-order valence-corrected chi connectivity index (χ4v) is 3.45. The lowest BCUT2D eigenvalue weighted by Gasteiger charge is -2.24. The summed E-state index contributed by atoms with van der Waals surface area (Å²) in [5.41, 5.74) is 2.94. The summed E-state index contributed by atoms with van der Waals surface area (Å²) in [6.07, 6.45) is 4.96. The first-order valence-electron chi connectivity index (χ1n) is 10.5. The van der Waals surface area contributed by atoms with Crippen molar-refractivity contribution in [1.82, 2.24) is 9.47 Å². The van der Waals surface area contributed by atoms with Gasteiger partial charge in [-0.1, -0.05) is 38.0 Å². The van der Waals surface area contributed by atoms with E-state index in [1.807, 2.05) is 29.0 Å². The molecule has 1 heterocycles. The number of hydrogen-bond acceptors (Lipinski definition) is 2. The van der Waals surface area contributed by atoms with Gasteiger partial charge >= 0.3 is 6.03 Å². The zero-order valence-electron chi connectivity index (χ0n) is 17.7. The van der Waals surface area contributed by atoms with Crippen LogP contribution in [0, 0.1) is 17.1 Å². The van der Waals surface area contributed by atoms with Crippen LogP contribution in [0.25, 0.3) is 0 Å². The van der Waals surface area contributed by atoms with E-state index in [2.05, 4.69) is 18.3 Å². The number of urea groups is 1. The SMILES string of the molecule is CCCCCN(Cc1cccn1Cc1cccc(F)c1)C(=O)Nc1cccc(C#N)c1. The minimum absolute atomic E-state index is 0.204. The summed E-state index contributed by atoms with van der Waals surface area (Å²) in [7, 11) is 0. The van der Waals surface area contributed by atoms with Crippen LogP contribution in [-0.2, 0) is 13.1 Å². The second-order valence-corrected chi connectivity index (χ2v) is 7.51. The lowest BCUT2D eigenvalue weighted by Crippen LogP contribution is -2.36. The number of carbonyl (C=O) groups excluding carboxylic acids is 1. The third-order valence-corrected chi connectivity index (χ3v) is 5.08. The van der Waals surface area contributed by atoms with Crippen LogP contribution in [-0.4, -0.2) is 22.0 Å². The highest BCUT2D eigenvalue weighted by molar-refractivity contribution is 5.89. The fraction of sp³-hybridized carbons (Fsp3) is 0.280. The number of benzene rings is 2. The molecule has 1 aromatic heterocycles. The Labute approximate surface area is 182 Å². The quantitative estimate of drug-likeness (QED) is 0.448. The molecule has 6 heteroatoms. The number of nitrogens with zero attached hydrogens (tertiary/aromatic N) is 3. The van der Waals surface area contributed by atoms with Crippen molar-refractivity contribution >= 4 is 11.7 Å². The first-order valence-corrected chi connectivity index (χ1v) is 10.5. The van der Waals surface area contributed by atoms with Crippen molar-refractivity contribution < 1.29 is 9.18 Å². The average Bonchev–Trinajstić information content (AvgIpc) is 3.19. The van der Waals surface area contributed by atoms with Crippen molar-refractivity contribution in [3.63, 3.8) is 0 Å². The van der Waals surface area contributed by atoms with Crippen LogP contribution in [0.2, 0.25) is 0 Å². The van der Waals surface area contributed by atoms with Crippen molar-refractivity contribution in [2.75, 3.05) is 11.9 Å². The Morgan fingerprint density at radius 1 is 1.13 bits per heavy atom. The summed E-state index contributed by atoms with van der Waals surface area (Å²) in [5.74, 6) is -0.258. The number of unbranched alkanes of at least 4 members (excludes halogenated alkanes) is 2. The smallest absolute Gasteiger partial charge is 0.322 e. The molecule has 1 N–H and O–H groups in total. The molecule has 0 saturated carbocycles. The topological polar surface area (TPSA) is 61.1 Å². The maximum absolute atomic E-state index is 13.6. The van der Waals surface area contributed by atoms with E-state index in [0.717, 1.165) is 30.5 Å². The number of halogens is 1. The maximum Gasteiger partial charge on any atom is 0.322 e. The van der Waals surface area contributed by atoms with E-state index in [1.165, 1.54) is 12.1 Å².